The molecule has 0 nitrogen and oxygen atoms in total. The Morgan fingerprint density at radius 1 is 0.824 bits per heavy atom. The lowest BCUT2D eigenvalue weighted by atomic mass is 11.2. The fraction of sp³-hybridized carbons (Fsp3) is 0.455. The van der Waals surface area contributed by atoms with E-state index in [2.05, 4.69) is 60.7 Å². The van der Waals surface area contributed by atoms with Crippen molar-refractivity contribution in [3.05, 3.63) is 29.2 Å². The van der Waals surface area contributed by atoms with E-state index >= 15 is 0 Å². The summed E-state index contributed by atoms with van der Waals surface area (Å²) in [5.41, 5.74) is 0. The number of rotatable bonds is 2. The van der Waals surface area contributed by atoms with Crippen LogP contribution in [0.2, 0.25) is 32.7 Å². The van der Waals surface area contributed by atoms with Gasteiger partial charge < -0.3 is 0 Å². The molecule has 0 spiro atoms. The van der Waals surface area contributed by atoms with Gasteiger partial charge in [-0.1, -0.05) is 79.8 Å². The Bertz CT molecular complexity index is 406. The summed E-state index contributed by atoms with van der Waals surface area (Å²) >= 11 is 7.75. The van der Waals surface area contributed by atoms with Crippen LogP contribution in [0, 0.1) is 0 Å². The van der Waals surface area contributed by atoms with Gasteiger partial charge in [-0.15, -0.1) is 0 Å². The smallest absolute Gasteiger partial charge is 0.0828 e. The zero-order chi connectivity index (χ0) is 12.7. The quantitative estimate of drug-likeness (QED) is 0.563. The van der Waals surface area contributed by atoms with E-state index in [-0.39, 0.29) is 0 Å². The molecule has 2 rings (SSSR count). The Balaban J connectivity index is 2.15. The molecular weight excluding hydrogens is 317 g/mol. The minimum absolute atomic E-state index is 1.03. The zero-order valence-corrected chi connectivity index (χ0v) is 16.1. The molecule has 0 aliphatic carbocycles. The van der Waals surface area contributed by atoms with E-state index in [4.69, 9.17) is 0 Å². The second-order valence-corrected chi connectivity index (χ2v) is 26.8. The van der Waals surface area contributed by atoms with Crippen LogP contribution in [0.3, 0.4) is 0 Å². The molecule has 0 aromatic carbocycles. The van der Waals surface area contributed by atoms with Gasteiger partial charge in [-0.2, -0.15) is 0 Å². The number of hydrogen-bond acceptors (Lipinski definition) is 4. The molecular formula is C11H18S4Si2. The van der Waals surface area contributed by atoms with E-state index in [9.17, 15) is 0 Å². The van der Waals surface area contributed by atoms with Crippen LogP contribution >= 0.6 is 47.0 Å². The summed E-state index contributed by atoms with van der Waals surface area (Å²) < 4.78 is 4.70. The third kappa shape index (κ3) is 2.97. The van der Waals surface area contributed by atoms with Crippen LogP contribution in [0.4, 0.5) is 0 Å². The Hall–Kier alpha value is 1.05. The highest BCUT2D eigenvalue weighted by atomic mass is 32.2. The van der Waals surface area contributed by atoms with Gasteiger partial charge in [0.1, 0.15) is 0 Å². The number of hydrogen-bond donors (Lipinski definition) is 0. The van der Waals surface area contributed by atoms with Crippen molar-refractivity contribution in [1.82, 2.24) is 0 Å². The van der Waals surface area contributed by atoms with Crippen LogP contribution in [0.5, 0.6) is 0 Å². The lowest BCUT2D eigenvalue weighted by molar-refractivity contribution is 1.74. The number of thioether (sulfide) groups is 4. The largest absolute Gasteiger partial charge is 0.0898 e. The summed E-state index contributed by atoms with van der Waals surface area (Å²) in [6.07, 6.45) is 0. The molecule has 0 N–H and O–H groups in total. The van der Waals surface area contributed by atoms with Gasteiger partial charge in [0.25, 0.3) is 0 Å². The van der Waals surface area contributed by atoms with Crippen molar-refractivity contribution in [3.8, 4) is 0 Å². The first-order valence-electron chi connectivity index (χ1n) is 5.60. The van der Waals surface area contributed by atoms with Crippen LogP contribution in [0.1, 0.15) is 0 Å². The predicted octanol–water partition coefficient (Wildman–Crippen LogP) is 6.05. The molecule has 0 aromatic heterocycles. The summed E-state index contributed by atoms with van der Waals surface area (Å²) in [6.45, 7) is 12.7. The third-order valence-electron chi connectivity index (χ3n) is 3.54. The summed E-state index contributed by atoms with van der Waals surface area (Å²) in [7, 11) is -2.23. The van der Waals surface area contributed by atoms with Crippen LogP contribution in [-0.4, -0.2) is 15.2 Å². The molecule has 0 saturated heterocycles. The molecule has 94 valence electrons. The average molecular weight is 335 g/mol. The Morgan fingerprint density at radius 2 is 1.41 bits per heavy atom. The lowest BCUT2D eigenvalue weighted by Crippen LogP contribution is -2.53. The third-order valence-corrected chi connectivity index (χ3v) is 28.1. The highest BCUT2D eigenvalue weighted by molar-refractivity contribution is 8.34. The molecule has 0 amide bonds. The fourth-order valence-electron chi connectivity index (χ4n) is 1.29. The van der Waals surface area contributed by atoms with Gasteiger partial charge in [0, 0.05) is 7.59 Å². The van der Waals surface area contributed by atoms with Crippen LogP contribution in [-0.2, 0) is 0 Å². The minimum atomic E-state index is -1.20. The Morgan fingerprint density at radius 3 is 1.94 bits per heavy atom. The molecule has 2 heterocycles. The highest BCUT2D eigenvalue weighted by Gasteiger charge is 2.42. The van der Waals surface area contributed by atoms with Gasteiger partial charge in [0.05, 0.1) is 16.1 Å². The van der Waals surface area contributed by atoms with Crippen molar-refractivity contribution in [1.29, 1.82) is 0 Å². The first-order chi connectivity index (χ1) is 7.82. The fourth-order valence-corrected chi connectivity index (χ4v) is 15.0. The summed E-state index contributed by atoms with van der Waals surface area (Å²) in [5.74, 6) is 0. The minimum Gasteiger partial charge on any atom is -0.0898 e. The predicted molar refractivity (Wildman–Crippen MR) is 95.4 cm³/mol. The maximum Gasteiger partial charge on any atom is 0.0828 e. The molecule has 0 saturated carbocycles. The Kier molecular flexibility index (Phi) is 4.43. The van der Waals surface area contributed by atoms with Crippen LogP contribution < -0.4 is 0 Å². The van der Waals surface area contributed by atoms with E-state index in [0.29, 0.717) is 0 Å². The summed E-state index contributed by atoms with van der Waals surface area (Å²) in [4.78, 5) is 0. The molecule has 17 heavy (non-hydrogen) atoms. The van der Waals surface area contributed by atoms with Crippen molar-refractivity contribution >= 4 is 62.2 Å². The molecule has 2 aliphatic heterocycles. The van der Waals surface area contributed by atoms with Crippen molar-refractivity contribution in [2.24, 2.45) is 0 Å². The van der Waals surface area contributed by atoms with Gasteiger partial charge in [0.2, 0.25) is 0 Å². The molecule has 0 radical (unpaired) electrons. The van der Waals surface area contributed by atoms with Crippen molar-refractivity contribution in [3.63, 3.8) is 0 Å². The maximum absolute atomic E-state index is 2.55. The standard InChI is InChI=1S/C11H18S4Si2/c1-16(2,3)17(4,5)9-8-14-11(15-9)10-12-6-7-13-10/h6-8H,1-5H3. The van der Waals surface area contributed by atoms with Crippen molar-refractivity contribution < 1.29 is 0 Å². The average Bonchev–Trinajstić information content (AvgIpc) is 2.87. The van der Waals surface area contributed by atoms with Crippen molar-refractivity contribution in [2.45, 2.75) is 32.7 Å². The van der Waals surface area contributed by atoms with Gasteiger partial charge in [0.15, 0.2) is 0 Å². The zero-order valence-electron chi connectivity index (χ0n) is 10.9. The molecule has 0 aromatic rings. The molecule has 0 unspecified atom stereocenters. The van der Waals surface area contributed by atoms with Crippen LogP contribution in [0.15, 0.2) is 29.2 Å². The SMILES string of the molecule is C[Si](C)(C)[Si](C)(C)C1=CSC(=C2SC=CS2)S1. The van der Waals surface area contributed by atoms with Gasteiger partial charge in [-0.3, -0.25) is 0 Å². The normalized spacial score (nSPS) is 21.4. The first kappa shape index (κ1) is 14.5. The van der Waals surface area contributed by atoms with Crippen molar-refractivity contribution in [2.75, 3.05) is 0 Å². The van der Waals surface area contributed by atoms with E-state index < -0.39 is 15.2 Å². The maximum atomic E-state index is 2.55. The Labute approximate surface area is 123 Å². The van der Waals surface area contributed by atoms with E-state index in [0.717, 1.165) is 0 Å². The highest BCUT2D eigenvalue weighted by Crippen LogP contribution is 2.55. The molecule has 0 bridgehead atoms. The molecule has 2 aliphatic rings. The summed E-state index contributed by atoms with van der Waals surface area (Å²) in [6, 6.07) is 0. The molecule has 6 heteroatoms. The van der Waals surface area contributed by atoms with E-state index in [1.165, 1.54) is 8.47 Å². The summed E-state index contributed by atoms with van der Waals surface area (Å²) in [5, 5.41) is 6.82. The van der Waals surface area contributed by atoms with E-state index in [1.54, 1.807) is 4.53 Å². The first-order valence-corrected chi connectivity index (χ1v) is 16.6. The second-order valence-electron chi connectivity index (χ2n) is 5.66. The molecule has 0 atom stereocenters. The monoisotopic (exact) mass is 334 g/mol. The van der Waals surface area contributed by atoms with Gasteiger partial charge in [-0.05, 0) is 20.8 Å². The van der Waals surface area contributed by atoms with Crippen LogP contribution in [0.25, 0.3) is 0 Å². The van der Waals surface area contributed by atoms with Gasteiger partial charge in [-0.25, -0.2) is 0 Å². The molecule has 0 fully saturated rings. The second kappa shape index (κ2) is 5.21. The van der Waals surface area contributed by atoms with Gasteiger partial charge >= 0.3 is 0 Å². The lowest BCUT2D eigenvalue weighted by Gasteiger charge is -2.35. The topological polar surface area (TPSA) is 0 Å². The van der Waals surface area contributed by atoms with E-state index in [1.807, 2.05) is 35.3 Å².